The van der Waals surface area contributed by atoms with Gasteiger partial charge in [0.2, 0.25) is 0 Å². The molecule has 3 nitrogen and oxygen atoms in total. The van der Waals surface area contributed by atoms with Crippen LogP contribution in [-0.4, -0.2) is 17.3 Å². The van der Waals surface area contributed by atoms with E-state index in [0.29, 0.717) is 6.42 Å². The Morgan fingerprint density at radius 3 is 2.39 bits per heavy atom. The Balaban J connectivity index is 2.35. The monoisotopic (exact) mass is 268 g/mol. The summed E-state index contributed by atoms with van der Waals surface area (Å²) in [6.07, 6.45) is 0.931. The Hall–Kier alpha value is -1.55. The molecule has 0 atom stereocenters. The van der Waals surface area contributed by atoms with Gasteiger partial charge in [-0.2, -0.15) is 0 Å². The summed E-state index contributed by atoms with van der Waals surface area (Å²) in [6, 6.07) is 3.28. The lowest BCUT2D eigenvalue weighted by atomic mass is 9.81. The number of ketones is 3. The smallest absolute Gasteiger partial charge is 0.182 e. The summed E-state index contributed by atoms with van der Waals surface area (Å²) in [5, 5.41) is -0.0776. The van der Waals surface area contributed by atoms with Crippen LogP contribution in [0, 0.1) is 11.7 Å². The number of carbonyl (C=O) groups is 3. The molecule has 0 radical (unpaired) electrons. The minimum atomic E-state index is -1.26. The largest absolute Gasteiger partial charge is 0.298 e. The van der Waals surface area contributed by atoms with Crippen molar-refractivity contribution in [2.45, 2.75) is 19.3 Å². The highest BCUT2D eigenvalue weighted by atomic mass is 35.5. The van der Waals surface area contributed by atoms with Crippen molar-refractivity contribution in [3.8, 4) is 0 Å². The van der Waals surface area contributed by atoms with Crippen LogP contribution in [0.15, 0.2) is 18.2 Å². The molecular weight excluding hydrogens is 259 g/mol. The van der Waals surface area contributed by atoms with Crippen LogP contribution in [0.25, 0.3) is 0 Å². The number of hydrogen-bond donors (Lipinski definition) is 0. The molecule has 1 aliphatic carbocycles. The van der Waals surface area contributed by atoms with Crippen LogP contribution in [0.4, 0.5) is 4.39 Å². The van der Waals surface area contributed by atoms with E-state index in [2.05, 4.69) is 0 Å². The summed E-state index contributed by atoms with van der Waals surface area (Å²) in [7, 11) is 0. The van der Waals surface area contributed by atoms with Crippen LogP contribution in [0.3, 0.4) is 0 Å². The molecule has 0 spiro atoms. The van der Waals surface area contributed by atoms with Gasteiger partial charge in [-0.05, 0) is 24.6 Å². The first-order valence-electron chi connectivity index (χ1n) is 5.55. The van der Waals surface area contributed by atoms with Crippen molar-refractivity contribution in [2.24, 2.45) is 5.92 Å². The Bertz CT molecular complexity index is 523. The Morgan fingerprint density at radius 1 is 1.22 bits per heavy atom. The quantitative estimate of drug-likeness (QED) is 0.612. The van der Waals surface area contributed by atoms with Gasteiger partial charge < -0.3 is 0 Å². The van der Waals surface area contributed by atoms with Gasteiger partial charge in [0.15, 0.2) is 17.3 Å². The molecule has 1 saturated carbocycles. The standard InChI is InChI=1S/C13H10ClFO3/c14-9-6-7(15)4-5-8(9)13(18)12-10(16)2-1-3-11(12)17/h4-6,12H,1-3H2. The molecule has 0 saturated heterocycles. The fraction of sp³-hybridized carbons (Fsp3) is 0.308. The van der Waals surface area contributed by atoms with E-state index in [1.165, 1.54) is 6.07 Å². The zero-order valence-electron chi connectivity index (χ0n) is 9.41. The highest BCUT2D eigenvalue weighted by Crippen LogP contribution is 2.25. The molecule has 0 amide bonds. The van der Waals surface area contributed by atoms with E-state index in [1.807, 2.05) is 0 Å². The molecule has 94 valence electrons. The summed E-state index contributed by atoms with van der Waals surface area (Å²) in [6.45, 7) is 0. The second-order valence-corrected chi connectivity index (χ2v) is 4.61. The third-order valence-corrected chi connectivity index (χ3v) is 3.26. The Kier molecular flexibility index (Phi) is 3.57. The van der Waals surface area contributed by atoms with Gasteiger partial charge in [0.1, 0.15) is 11.7 Å². The molecule has 2 rings (SSSR count). The summed E-state index contributed by atoms with van der Waals surface area (Å²) in [5.41, 5.74) is 0.0201. The van der Waals surface area contributed by atoms with Crippen LogP contribution in [0.1, 0.15) is 29.6 Å². The molecule has 0 bridgehead atoms. The highest BCUT2D eigenvalue weighted by Gasteiger charge is 2.37. The third kappa shape index (κ3) is 2.34. The molecule has 0 N–H and O–H groups in total. The van der Waals surface area contributed by atoms with Crippen molar-refractivity contribution in [3.05, 3.63) is 34.6 Å². The predicted octanol–water partition coefficient (Wildman–Crippen LogP) is 2.60. The summed E-state index contributed by atoms with van der Waals surface area (Å²) in [5.74, 6) is -3.22. The number of benzene rings is 1. The van der Waals surface area contributed by atoms with Gasteiger partial charge in [-0.3, -0.25) is 14.4 Å². The zero-order valence-corrected chi connectivity index (χ0v) is 10.2. The average molecular weight is 269 g/mol. The summed E-state index contributed by atoms with van der Waals surface area (Å²) in [4.78, 5) is 35.4. The third-order valence-electron chi connectivity index (χ3n) is 2.95. The van der Waals surface area contributed by atoms with E-state index < -0.39 is 17.5 Å². The van der Waals surface area contributed by atoms with Crippen LogP contribution >= 0.6 is 11.6 Å². The van der Waals surface area contributed by atoms with Crippen LogP contribution in [0.5, 0.6) is 0 Å². The number of Topliss-reactive ketones (excluding diaryl/α,β-unsaturated/α-hetero) is 3. The molecule has 0 heterocycles. The molecule has 18 heavy (non-hydrogen) atoms. The molecular formula is C13H10ClFO3. The van der Waals surface area contributed by atoms with Gasteiger partial charge in [0.25, 0.3) is 0 Å². The van der Waals surface area contributed by atoms with E-state index >= 15 is 0 Å². The molecule has 5 heteroatoms. The lowest BCUT2D eigenvalue weighted by molar-refractivity contribution is -0.133. The van der Waals surface area contributed by atoms with Crippen LogP contribution in [-0.2, 0) is 9.59 Å². The van der Waals surface area contributed by atoms with Crippen LogP contribution in [0.2, 0.25) is 5.02 Å². The first-order chi connectivity index (χ1) is 8.50. The minimum Gasteiger partial charge on any atom is -0.298 e. The maximum Gasteiger partial charge on any atom is 0.182 e. The molecule has 1 aromatic carbocycles. The van der Waals surface area contributed by atoms with Crippen molar-refractivity contribution >= 4 is 29.0 Å². The van der Waals surface area contributed by atoms with Gasteiger partial charge in [-0.15, -0.1) is 0 Å². The van der Waals surface area contributed by atoms with Crippen LogP contribution < -0.4 is 0 Å². The van der Waals surface area contributed by atoms with E-state index in [4.69, 9.17) is 11.6 Å². The van der Waals surface area contributed by atoms with Gasteiger partial charge in [-0.1, -0.05) is 11.6 Å². The summed E-state index contributed by atoms with van der Waals surface area (Å²) >= 11 is 5.76. The number of hydrogen-bond acceptors (Lipinski definition) is 3. The first-order valence-corrected chi connectivity index (χ1v) is 5.93. The topological polar surface area (TPSA) is 51.2 Å². The van der Waals surface area contributed by atoms with E-state index in [9.17, 15) is 18.8 Å². The predicted molar refractivity (Wildman–Crippen MR) is 63.1 cm³/mol. The second kappa shape index (κ2) is 4.98. The molecule has 1 aliphatic rings. The lowest BCUT2D eigenvalue weighted by Crippen LogP contribution is -2.35. The van der Waals surface area contributed by atoms with Gasteiger partial charge in [-0.25, -0.2) is 4.39 Å². The van der Waals surface area contributed by atoms with E-state index in [1.54, 1.807) is 0 Å². The molecule has 0 aromatic heterocycles. The number of rotatable bonds is 2. The van der Waals surface area contributed by atoms with Crippen molar-refractivity contribution in [1.82, 2.24) is 0 Å². The number of carbonyl (C=O) groups excluding carboxylic acids is 3. The van der Waals surface area contributed by atoms with Gasteiger partial charge in [0.05, 0.1) is 5.02 Å². The average Bonchev–Trinajstić information content (AvgIpc) is 2.28. The Labute approximate surface area is 108 Å². The SMILES string of the molecule is O=C1CCCC(=O)C1C(=O)c1ccc(F)cc1Cl. The van der Waals surface area contributed by atoms with Gasteiger partial charge >= 0.3 is 0 Å². The second-order valence-electron chi connectivity index (χ2n) is 4.21. The minimum absolute atomic E-state index is 0.0201. The van der Waals surface area contributed by atoms with Crippen molar-refractivity contribution in [2.75, 3.05) is 0 Å². The lowest BCUT2D eigenvalue weighted by Gasteiger charge is -2.18. The van der Waals surface area contributed by atoms with E-state index in [-0.39, 0.29) is 35.0 Å². The van der Waals surface area contributed by atoms with E-state index in [0.717, 1.165) is 12.1 Å². The maximum absolute atomic E-state index is 12.9. The first kappa shape index (κ1) is 12.9. The molecule has 0 aliphatic heterocycles. The molecule has 1 fully saturated rings. The summed E-state index contributed by atoms with van der Waals surface area (Å²) < 4.78 is 12.9. The van der Waals surface area contributed by atoms with Crippen molar-refractivity contribution < 1.29 is 18.8 Å². The highest BCUT2D eigenvalue weighted by molar-refractivity contribution is 6.36. The maximum atomic E-state index is 12.9. The Morgan fingerprint density at radius 2 is 1.83 bits per heavy atom. The fourth-order valence-corrected chi connectivity index (χ4v) is 2.30. The number of halogens is 2. The molecule has 1 aromatic rings. The van der Waals surface area contributed by atoms with Crippen molar-refractivity contribution in [1.29, 1.82) is 0 Å². The zero-order chi connectivity index (χ0) is 13.3. The van der Waals surface area contributed by atoms with Crippen molar-refractivity contribution in [3.63, 3.8) is 0 Å². The fourth-order valence-electron chi connectivity index (χ4n) is 2.04. The molecule has 0 unspecified atom stereocenters. The van der Waals surface area contributed by atoms with Gasteiger partial charge in [0, 0.05) is 18.4 Å². The normalized spacial score (nSPS) is 17.0.